The molecule has 0 bridgehead atoms. The Hall–Kier alpha value is -2.12. The number of methoxy groups -OCH3 is 2. The van der Waals surface area contributed by atoms with Crippen LogP contribution in [0, 0.1) is 5.92 Å². The normalized spacial score (nSPS) is 12.1. The van der Waals surface area contributed by atoms with Gasteiger partial charge in [-0.2, -0.15) is 0 Å². The molecular weight excluding hydrogens is 366 g/mol. The Morgan fingerprint density at radius 3 is 2.63 bits per heavy atom. The molecular formula is C20H27NO5S. The molecule has 0 spiro atoms. The minimum Gasteiger partial charge on any atom is -0.493 e. The maximum absolute atomic E-state index is 12.0. The quantitative estimate of drug-likeness (QED) is 0.560. The van der Waals surface area contributed by atoms with Crippen molar-refractivity contribution in [2.75, 3.05) is 20.8 Å². The molecule has 0 saturated heterocycles. The molecule has 2 rings (SSSR count). The number of carbonyl (C=O) groups excluding carboxylic acids is 1. The van der Waals surface area contributed by atoms with Crippen molar-refractivity contribution in [2.24, 2.45) is 5.92 Å². The molecule has 0 aliphatic heterocycles. The minimum atomic E-state index is -0.583. The molecule has 1 atom stereocenters. The van der Waals surface area contributed by atoms with Gasteiger partial charge in [0, 0.05) is 12.0 Å². The van der Waals surface area contributed by atoms with Crippen LogP contribution in [0.4, 0.5) is 0 Å². The Balaban J connectivity index is 1.96. The molecule has 0 aliphatic rings. The summed E-state index contributed by atoms with van der Waals surface area (Å²) < 4.78 is 21.6. The van der Waals surface area contributed by atoms with E-state index in [1.54, 1.807) is 21.1 Å². The summed E-state index contributed by atoms with van der Waals surface area (Å²) in [5, 5.41) is 2.64. The van der Waals surface area contributed by atoms with Gasteiger partial charge in [-0.25, -0.2) is 9.78 Å². The van der Waals surface area contributed by atoms with E-state index >= 15 is 0 Å². The maximum atomic E-state index is 12.0. The van der Waals surface area contributed by atoms with E-state index in [-0.39, 0.29) is 12.6 Å². The second kappa shape index (κ2) is 10.3. The van der Waals surface area contributed by atoms with Crippen LogP contribution in [0.25, 0.3) is 10.6 Å². The first-order valence-electron chi connectivity index (χ1n) is 8.90. The van der Waals surface area contributed by atoms with E-state index < -0.39 is 6.10 Å². The highest BCUT2D eigenvalue weighted by Gasteiger charge is 2.17. The molecule has 0 saturated carbocycles. The van der Waals surface area contributed by atoms with Crippen LogP contribution >= 0.6 is 11.3 Å². The molecule has 1 heterocycles. The molecule has 0 aliphatic carbocycles. The lowest BCUT2D eigenvalue weighted by Crippen LogP contribution is -2.24. The van der Waals surface area contributed by atoms with Crippen molar-refractivity contribution in [1.82, 2.24) is 4.98 Å². The molecule has 27 heavy (non-hydrogen) atoms. The lowest BCUT2D eigenvalue weighted by Gasteiger charge is -2.13. The number of hydrogen-bond acceptors (Lipinski definition) is 7. The van der Waals surface area contributed by atoms with Crippen LogP contribution in [0.3, 0.4) is 0 Å². The van der Waals surface area contributed by atoms with Gasteiger partial charge in [-0.1, -0.05) is 19.9 Å². The van der Waals surface area contributed by atoms with E-state index in [4.69, 9.17) is 18.9 Å². The zero-order valence-corrected chi connectivity index (χ0v) is 17.3. The Kier molecular flexibility index (Phi) is 8.06. The van der Waals surface area contributed by atoms with Crippen molar-refractivity contribution in [3.8, 4) is 22.1 Å². The van der Waals surface area contributed by atoms with Crippen molar-refractivity contribution in [1.29, 1.82) is 0 Å². The molecule has 1 aromatic heterocycles. The van der Waals surface area contributed by atoms with Crippen LogP contribution in [0.1, 0.15) is 32.9 Å². The van der Waals surface area contributed by atoms with Gasteiger partial charge >= 0.3 is 5.97 Å². The van der Waals surface area contributed by atoms with Gasteiger partial charge in [0.15, 0.2) is 17.6 Å². The third-order valence-corrected chi connectivity index (χ3v) is 4.87. The predicted molar refractivity (Wildman–Crippen MR) is 105 cm³/mol. The zero-order chi connectivity index (χ0) is 19.8. The highest BCUT2D eigenvalue weighted by molar-refractivity contribution is 7.13. The van der Waals surface area contributed by atoms with Crippen molar-refractivity contribution in [2.45, 2.75) is 39.9 Å². The van der Waals surface area contributed by atoms with E-state index in [1.165, 1.54) is 11.3 Å². The summed E-state index contributed by atoms with van der Waals surface area (Å²) in [7, 11) is 3.19. The number of rotatable bonds is 10. The predicted octanol–water partition coefficient (Wildman–Crippen LogP) is 4.32. The van der Waals surface area contributed by atoms with Gasteiger partial charge in [-0.15, -0.1) is 11.3 Å². The third kappa shape index (κ3) is 5.94. The highest BCUT2D eigenvalue weighted by atomic mass is 32.1. The summed E-state index contributed by atoms with van der Waals surface area (Å²) in [6, 6.07) is 5.63. The number of nitrogens with zero attached hydrogens (tertiary/aromatic N) is 1. The van der Waals surface area contributed by atoms with E-state index in [1.807, 2.05) is 23.6 Å². The van der Waals surface area contributed by atoms with Gasteiger partial charge in [0.2, 0.25) is 0 Å². The molecule has 0 radical (unpaired) electrons. The van der Waals surface area contributed by atoms with Gasteiger partial charge < -0.3 is 18.9 Å². The molecule has 1 unspecified atom stereocenters. The summed E-state index contributed by atoms with van der Waals surface area (Å²) in [5.74, 6) is 1.43. The molecule has 7 heteroatoms. The summed E-state index contributed by atoms with van der Waals surface area (Å²) in [5.41, 5.74) is 1.52. The van der Waals surface area contributed by atoms with Crippen LogP contribution in [0.2, 0.25) is 0 Å². The SMILES string of the molecule is COc1cccc(-c2nc(COC(=O)C(C)OCCC(C)C)cs2)c1OC. The fourth-order valence-corrected chi connectivity index (χ4v) is 3.19. The number of thiazole rings is 1. The number of aromatic nitrogens is 1. The number of carbonyl (C=O) groups is 1. The van der Waals surface area contributed by atoms with Gasteiger partial charge in [-0.05, 0) is 31.4 Å². The Morgan fingerprint density at radius 2 is 1.96 bits per heavy atom. The van der Waals surface area contributed by atoms with Crippen LogP contribution < -0.4 is 9.47 Å². The summed E-state index contributed by atoms with van der Waals surface area (Å²) >= 11 is 1.46. The monoisotopic (exact) mass is 393 g/mol. The Morgan fingerprint density at radius 1 is 1.19 bits per heavy atom. The lowest BCUT2D eigenvalue weighted by atomic mass is 10.1. The fourth-order valence-electron chi connectivity index (χ4n) is 2.36. The summed E-state index contributed by atoms with van der Waals surface area (Å²) in [6.07, 6.45) is 0.329. The van der Waals surface area contributed by atoms with Crippen LogP contribution in [0.15, 0.2) is 23.6 Å². The molecule has 2 aromatic rings. The highest BCUT2D eigenvalue weighted by Crippen LogP contribution is 2.38. The average molecular weight is 394 g/mol. The van der Waals surface area contributed by atoms with E-state index in [2.05, 4.69) is 18.8 Å². The smallest absolute Gasteiger partial charge is 0.335 e. The first kappa shape index (κ1) is 21.2. The topological polar surface area (TPSA) is 66.9 Å². The van der Waals surface area contributed by atoms with Crippen molar-refractivity contribution in [3.05, 3.63) is 29.3 Å². The number of benzene rings is 1. The Bertz CT molecular complexity index is 744. The largest absolute Gasteiger partial charge is 0.493 e. The van der Waals surface area contributed by atoms with Gasteiger partial charge in [0.05, 0.1) is 25.5 Å². The van der Waals surface area contributed by atoms with Crippen molar-refractivity contribution >= 4 is 17.3 Å². The van der Waals surface area contributed by atoms with Crippen molar-refractivity contribution < 1.29 is 23.7 Å². The fraction of sp³-hybridized carbons (Fsp3) is 0.500. The number of esters is 1. The second-order valence-corrected chi connectivity index (χ2v) is 7.35. The summed E-state index contributed by atoms with van der Waals surface area (Å²) in [6.45, 7) is 6.59. The zero-order valence-electron chi connectivity index (χ0n) is 16.5. The number of ether oxygens (including phenoxy) is 4. The van der Waals surface area contributed by atoms with Crippen molar-refractivity contribution in [3.63, 3.8) is 0 Å². The standard InChI is InChI=1S/C20H27NO5S/c1-13(2)9-10-25-14(3)20(22)26-11-15-12-27-19(21-15)16-7-6-8-17(23-4)18(16)24-5/h6-8,12-14H,9-11H2,1-5H3. The molecule has 6 nitrogen and oxygen atoms in total. The van der Waals surface area contributed by atoms with E-state index in [0.29, 0.717) is 29.7 Å². The number of hydrogen-bond donors (Lipinski definition) is 0. The van der Waals surface area contributed by atoms with Crippen LogP contribution in [-0.4, -0.2) is 37.9 Å². The van der Waals surface area contributed by atoms with Gasteiger partial charge in [0.1, 0.15) is 11.6 Å². The molecule has 0 N–H and O–H groups in total. The second-order valence-electron chi connectivity index (χ2n) is 6.49. The number of para-hydroxylation sites is 1. The average Bonchev–Trinajstić information content (AvgIpc) is 3.13. The third-order valence-electron chi connectivity index (χ3n) is 3.94. The first-order chi connectivity index (χ1) is 13.0. The van der Waals surface area contributed by atoms with Gasteiger partial charge in [-0.3, -0.25) is 0 Å². The minimum absolute atomic E-state index is 0.111. The van der Waals surface area contributed by atoms with Gasteiger partial charge in [0.25, 0.3) is 0 Å². The van der Waals surface area contributed by atoms with Crippen LogP contribution in [-0.2, 0) is 20.9 Å². The molecule has 0 amide bonds. The molecule has 0 fully saturated rings. The lowest BCUT2D eigenvalue weighted by molar-refractivity contribution is -0.157. The molecule has 1 aromatic carbocycles. The molecule has 148 valence electrons. The van der Waals surface area contributed by atoms with E-state index in [9.17, 15) is 4.79 Å². The first-order valence-corrected chi connectivity index (χ1v) is 9.78. The summed E-state index contributed by atoms with van der Waals surface area (Å²) in [4.78, 5) is 16.6. The Labute approximate surface area is 164 Å². The van der Waals surface area contributed by atoms with E-state index in [0.717, 1.165) is 17.0 Å². The maximum Gasteiger partial charge on any atom is 0.335 e. The van der Waals surface area contributed by atoms with Crippen LogP contribution in [0.5, 0.6) is 11.5 Å².